The molecule has 1 atom stereocenters. The molecule has 7 heteroatoms. The van der Waals surface area contributed by atoms with Gasteiger partial charge in [0.05, 0.1) is 5.69 Å². The number of halogens is 1. The van der Waals surface area contributed by atoms with E-state index >= 15 is 0 Å². The van der Waals surface area contributed by atoms with Crippen LogP contribution in [0, 0.1) is 6.92 Å². The number of carbonyl (C=O) groups is 3. The molecule has 4 amide bonds. The molecule has 0 spiro atoms. The van der Waals surface area contributed by atoms with Crippen LogP contribution in [-0.2, 0) is 9.59 Å². The predicted molar refractivity (Wildman–Crippen MR) is 139 cm³/mol. The molecule has 178 valence electrons. The van der Waals surface area contributed by atoms with Crippen molar-refractivity contribution in [2.45, 2.75) is 65.5 Å². The Bertz CT molecular complexity index is 1230. The number of barbiturate groups is 1. The van der Waals surface area contributed by atoms with E-state index in [1.165, 1.54) is 11.3 Å². The second-order valence-electron chi connectivity index (χ2n) is 10.1. The second-order valence-corrected chi connectivity index (χ2v) is 11.0. The van der Waals surface area contributed by atoms with Gasteiger partial charge >= 0.3 is 6.03 Å². The standard InChI is InChI=1S/C27H30BrN3O3/c1-15(2)31-23-10-16(3)18(11-21(23)17(4)14-27(31,5)6)12-22-24(32)29-26(34)30(25(22)33)20-9-7-8-19(28)13-20/h7-13,15,17H,14H2,1-6H3,(H,29,32,34)/b22-12+. The zero-order chi connectivity index (χ0) is 24.9. The molecule has 4 rings (SSSR count). The maximum atomic E-state index is 13.3. The summed E-state index contributed by atoms with van der Waals surface area (Å²) in [6.07, 6.45) is 2.61. The summed E-state index contributed by atoms with van der Waals surface area (Å²) in [6, 6.07) is 10.7. The molecule has 0 aromatic heterocycles. The molecule has 1 fully saturated rings. The number of nitrogens with one attached hydrogen (secondary N) is 1. The number of carbonyl (C=O) groups excluding carboxylic acids is 3. The van der Waals surface area contributed by atoms with Gasteiger partial charge in [-0.15, -0.1) is 0 Å². The van der Waals surface area contributed by atoms with Crippen LogP contribution in [0.4, 0.5) is 16.2 Å². The Morgan fingerprint density at radius 2 is 1.85 bits per heavy atom. The molecule has 0 radical (unpaired) electrons. The van der Waals surface area contributed by atoms with Gasteiger partial charge in [-0.05, 0) is 100 Å². The van der Waals surface area contributed by atoms with E-state index in [9.17, 15) is 14.4 Å². The van der Waals surface area contributed by atoms with Crippen LogP contribution < -0.4 is 15.1 Å². The lowest BCUT2D eigenvalue weighted by atomic mass is 9.78. The predicted octanol–water partition coefficient (Wildman–Crippen LogP) is 5.92. The van der Waals surface area contributed by atoms with E-state index in [-0.39, 0.29) is 11.1 Å². The summed E-state index contributed by atoms with van der Waals surface area (Å²) >= 11 is 3.37. The van der Waals surface area contributed by atoms with Crippen molar-refractivity contribution in [1.29, 1.82) is 0 Å². The SMILES string of the molecule is Cc1cc2c(cc1/C=C1\C(=O)NC(=O)N(c3cccc(Br)c3)C1=O)C(C)CC(C)(C)N2C(C)C. The average molecular weight is 524 g/mol. The summed E-state index contributed by atoms with van der Waals surface area (Å²) in [5.74, 6) is -0.994. The zero-order valence-corrected chi connectivity index (χ0v) is 22.0. The highest BCUT2D eigenvalue weighted by atomic mass is 79.9. The topological polar surface area (TPSA) is 69.7 Å². The van der Waals surface area contributed by atoms with Crippen LogP contribution >= 0.6 is 15.9 Å². The van der Waals surface area contributed by atoms with E-state index in [1.807, 2.05) is 6.92 Å². The van der Waals surface area contributed by atoms with Gasteiger partial charge in [-0.3, -0.25) is 14.9 Å². The van der Waals surface area contributed by atoms with Gasteiger partial charge in [0.2, 0.25) is 0 Å². The number of nitrogens with zero attached hydrogens (tertiary/aromatic N) is 2. The number of imide groups is 2. The van der Waals surface area contributed by atoms with Crippen LogP contribution in [0.1, 0.15) is 63.6 Å². The molecule has 0 bridgehead atoms. The van der Waals surface area contributed by atoms with Crippen LogP contribution in [0.5, 0.6) is 0 Å². The third-order valence-corrected chi connectivity index (χ3v) is 7.14. The van der Waals surface area contributed by atoms with Crippen molar-refractivity contribution in [3.63, 3.8) is 0 Å². The summed E-state index contributed by atoms with van der Waals surface area (Å²) in [5.41, 5.74) is 4.52. The Morgan fingerprint density at radius 3 is 2.50 bits per heavy atom. The molecule has 2 aromatic rings. The first-order chi connectivity index (χ1) is 15.9. The van der Waals surface area contributed by atoms with Gasteiger partial charge < -0.3 is 4.90 Å². The highest BCUT2D eigenvalue weighted by Gasteiger charge is 2.39. The van der Waals surface area contributed by atoms with Crippen molar-refractivity contribution >= 4 is 51.2 Å². The normalized spacial score (nSPS) is 21.2. The Balaban J connectivity index is 1.79. The van der Waals surface area contributed by atoms with E-state index in [0.717, 1.165) is 26.9 Å². The molecule has 0 saturated carbocycles. The fourth-order valence-corrected chi connectivity index (χ4v) is 5.80. The Labute approximate surface area is 209 Å². The third-order valence-electron chi connectivity index (χ3n) is 6.65. The number of fused-ring (bicyclic) bond motifs is 1. The fraction of sp³-hybridized carbons (Fsp3) is 0.370. The van der Waals surface area contributed by atoms with Crippen LogP contribution in [0.2, 0.25) is 0 Å². The van der Waals surface area contributed by atoms with E-state index in [2.05, 4.69) is 72.9 Å². The lowest BCUT2D eigenvalue weighted by Gasteiger charge is -2.50. The van der Waals surface area contributed by atoms with Crippen molar-refractivity contribution in [2.75, 3.05) is 9.80 Å². The lowest BCUT2D eigenvalue weighted by Crippen LogP contribution is -2.54. The van der Waals surface area contributed by atoms with Crippen molar-refractivity contribution in [1.82, 2.24) is 5.32 Å². The molecule has 2 aromatic carbocycles. The molecule has 2 heterocycles. The number of amides is 4. The van der Waals surface area contributed by atoms with Gasteiger partial charge in [-0.25, -0.2) is 9.69 Å². The molecular weight excluding hydrogens is 494 g/mol. The minimum Gasteiger partial charge on any atom is -0.364 e. The summed E-state index contributed by atoms with van der Waals surface area (Å²) < 4.78 is 0.727. The van der Waals surface area contributed by atoms with Gasteiger partial charge in [0.25, 0.3) is 11.8 Å². The molecule has 6 nitrogen and oxygen atoms in total. The maximum absolute atomic E-state index is 13.3. The highest BCUT2D eigenvalue weighted by Crippen LogP contribution is 2.45. The van der Waals surface area contributed by atoms with Crippen molar-refractivity contribution in [3.8, 4) is 0 Å². The molecule has 0 aliphatic carbocycles. The number of benzene rings is 2. The molecule has 1 N–H and O–H groups in total. The van der Waals surface area contributed by atoms with Gasteiger partial charge in [0.1, 0.15) is 5.57 Å². The van der Waals surface area contributed by atoms with E-state index in [0.29, 0.717) is 17.6 Å². The first kappa shape index (κ1) is 24.2. The van der Waals surface area contributed by atoms with Crippen LogP contribution in [-0.4, -0.2) is 29.4 Å². The lowest BCUT2D eigenvalue weighted by molar-refractivity contribution is -0.122. The quantitative estimate of drug-likeness (QED) is 0.400. The van der Waals surface area contributed by atoms with Crippen molar-refractivity contribution in [3.05, 3.63) is 63.1 Å². The summed E-state index contributed by atoms with van der Waals surface area (Å²) in [6.45, 7) is 13.2. The van der Waals surface area contributed by atoms with Gasteiger partial charge in [-0.1, -0.05) is 28.9 Å². The first-order valence-electron chi connectivity index (χ1n) is 11.5. The Hall–Kier alpha value is -2.93. The third kappa shape index (κ3) is 4.17. The largest absolute Gasteiger partial charge is 0.364 e. The monoisotopic (exact) mass is 523 g/mol. The molecule has 1 unspecified atom stereocenters. The Morgan fingerprint density at radius 1 is 1.15 bits per heavy atom. The average Bonchev–Trinajstić information content (AvgIpc) is 2.70. The van der Waals surface area contributed by atoms with E-state index in [4.69, 9.17) is 0 Å². The molecule has 34 heavy (non-hydrogen) atoms. The summed E-state index contributed by atoms with van der Waals surface area (Å²) in [5, 5.41) is 2.31. The van der Waals surface area contributed by atoms with Gasteiger partial charge in [-0.2, -0.15) is 0 Å². The highest BCUT2D eigenvalue weighted by molar-refractivity contribution is 9.10. The van der Waals surface area contributed by atoms with Gasteiger partial charge in [0, 0.05) is 21.7 Å². The fourth-order valence-electron chi connectivity index (χ4n) is 5.41. The molecule has 2 aliphatic heterocycles. The van der Waals surface area contributed by atoms with Crippen molar-refractivity contribution in [2.24, 2.45) is 0 Å². The zero-order valence-electron chi connectivity index (χ0n) is 20.4. The summed E-state index contributed by atoms with van der Waals surface area (Å²) in [7, 11) is 0. The molecular formula is C27H30BrN3O3. The van der Waals surface area contributed by atoms with Crippen LogP contribution in [0.15, 0.2) is 46.4 Å². The van der Waals surface area contributed by atoms with Crippen molar-refractivity contribution < 1.29 is 14.4 Å². The first-order valence-corrected chi connectivity index (χ1v) is 12.3. The molecule has 1 saturated heterocycles. The van der Waals surface area contributed by atoms with Crippen LogP contribution in [0.3, 0.4) is 0 Å². The smallest absolute Gasteiger partial charge is 0.335 e. The minimum absolute atomic E-state index is 0.0248. The van der Waals surface area contributed by atoms with Crippen LogP contribution in [0.25, 0.3) is 6.08 Å². The maximum Gasteiger partial charge on any atom is 0.335 e. The number of urea groups is 1. The van der Waals surface area contributed by atoms with E-state index in [1.54, 1.807) is 30.3 Å². The number of hydrogen-bond acceptors (Lipinski definition) is 4. The number of rotatable bonds is 3. The minimum atomic E-state index is -0.754. The molecule has 2 aliphatic rings. The number of hydrogen-bond donors (Lipinski definition) is 1. The van der Waals surface area contributed by atoms with Gasteiger partial charge in [0.15, 0.2) is 0 Å². The Kier molecular flexibility index (Phi) is 6.19. The number of aryl methyl sites for hydroxylation is 1. The number of anilines is 2. The summed E-state index contributed by atoms with van der Waals surface area (Å²) in [4.78, 5) is 42.0. The van der Waals surface area contributed by atoms with E-state index < -0.39 is 17.8 Å². The second kappa shape index (κ2) is 8.69.